The fraction of sp³-hybridized carbons (Fsp3) is 0.261. The predicted octanol–water partition coefficient (Wildman–Crippen LogP) is 3.76. The summed E-state index contributed by atoms with van der Waals surface area (Å²) in [5, 5.41) is 19.5. The van der Waals surface area contributed by atoms with Crippen molar-refractivity contribution in [1.29, 1.82) is 0 Å². The maximum atomic E-state index is 12.6. The number of nitrogens with zero attached hydrogens (tertiary/aromatic N) is 2. The monoisotopic (exact) mass is 484 g/mol. The molecule has 1 unspecified atom stereocenters. The van der Waals surface area contributed by atoms with E-state index in [0.29, 0.717) is 22.8 Å². The fourth-order valence-corrected chi connectivity index (χ4v) is 3.83. The van der Waals surface area contributed by atoms with Gasteiger partial charge in [-0.25, -0.2) is 5.43 Å². The molecule has 178 valence electrons. The van der Waals surface area contributed by atoms with Gasteiger partial charge in [-0.3, -0.25) is 19.7 Å². The minimum absolute atomic E-state index is 0.0983. The normalized spacial score (nSPS) is 12.0. The smallest absolute Gasteiger partial charge is 0.273 e. The molecular formula is C23H24N4O6S. The van der Waals surface area contributed by atoms with E-state index >= 15 is 0 Å². The lowest BCUT2D eigenvalue weighted by Crippen LogP contribution is -2.49. The van der Waals surface area contributed by atoms with E-state index < -0.39 is 16.9 Å². The van der Waals surface area contributed by atoms with Gasteiger partial charge < -0.3 is 14.5 Å². The molecule has 0 spiro atoms. The van der Waals surface area contributed by atoms with E-state index in [1.807, 2.05) is 31.4 Å². The van der Waals surface area contributed by atoms with Gasteiger partial charge in [0.2, 0.25) is 5.91 Å². The molecule has 0 aliphatic carbocycles. The molecule has 1 atom stereocenters. The van der Waals surface area contributed by atoms with Crippen LogP contribution < -0.4 is 15.5 Å². The highest BCUT2D eigenvalue weighted by Crippen LogP contribution is 2.34. The summed E-state index contributed by atoms with van der Waals surface area (Å²) in [7, 11) is 1.41. The number of benzene rings is 1. The van der Waals surface area contributed by atoms with Crippen LogP contribution in [0.5, 0.6) is 5.75 Å². The van der Waals surface area contributed by atoms with Crippen molar-refractivity contribution in [1.82, 2.24) is 10.7 Å². The van der Waals surface area contributed by atoms with Crippen LogP contribution in [0.15, 0.2) is 57.4 Å². The molecule has 0 radical (unpaired) electrons. The molecule has 0 aliphatic heterocycles. The molecule has 2 amide bonds. The molecule has 0 aliphatic rings. The van der Waals surface area contributed by atoms with Crippen molar-refractivity contribution in [2.24, 2.45) is 11.0 Å². The van der Waals surface area contributed by atoms with Gasteiger partial charge in [0.25, 0.3) is 11.6 Å². The van der Waals surface area contributed by atoms with Crippen LogP contribution in [0.1, 0.15) is 24.5 Å². The topological polar surface area (TPSA) is 136 Å². The van der Waals surface area contributed by atoms with Crippen LogP contribution in [0, 0.1) is 16.0 Å². The molecule has 0 fully saturated rings. The minimum atomic E-state index is -0.749. The first-order valence-corrected chi connectivity index (χ1v) is 11.2. The second-order valence-electron chi connectivity index (χ2n) is 7.62. The average Bonchev–Trinajstić information content (AvgIpc) is 3.49. The number of hydrogen-bond acceptors (Lipinski definition) is 8. The number of carbonyl (C=O) groups is 2. The summed E-state index contributed by atoms with van der Waals surface area (Å²) in [5.41, 5.74) is 2.86. The Hall–Kier alpha value is -3.99. The molecular weight excluding hydrogens is 460 g/mol. The molecule has 3 rings (SSSR count). The van der Waals surface area contributed by atoms with Crippen LogP contribution in [0.4, 0.5) is 5.69 Å². The molecule has 0 bridgehead atoms. The van der Waals surface area contributed by atoms with E-state index in [9.17, 15) is 19.7 Å². The number of hydrogen-bond donors (Lipinski definition) is 2. The van der Waals surface area contributed by atoms with E-state index in [4.69, 9.17) is 9.15 Å². The lowest BCUT2D eigenvalue weighted by molar-refractivity contribution is -0.384. The molecule has 0 saturated carbocycles. The highest BCUT2D eigenvalue weighted by atomic mass is 32.1. The molecule has 2 N–H and O–H groups in total. The molecule has 2 heterocycles. The number of carbonyl (C=O) groups excluding carboxylic acids is 2. The zero-order chi connectivity index (χ0) is 24.7. The maximum absolute atomic E-state index is 12.6. The van der Waals surface area contributed by atoms with E-state index in [2.05, 4.69) is 15.8 Å². The van der Waals surface area contributed by atoms with Crippen LogP contribution in [-0.4, -0.2) is 36.1 Å². The van der Waals surface area contributed by atoms with E-state index in [0.717, 1.165) is 4.88 Å². The standard InChI is InChI=1S/C23H24N4O6S/c1-14(2)22(25-21(28)12-17-5-4-10-34-17)23(29)26-24-13-16-7-9-19(33-16)18-8-6-15(27(30)31)11-20(18)32-3/h4-11,13-14,22H,12H2,1-3H3,(H,25,28)(H,26,29)/b24-13+. The molecule has 11 heteroatoms. The number of hydrazone groups is 1. The summed E-state index contributed by atoms with van der Waals surface area (Å²) in [4.78, 5) is 36.2. The van der Waals surface area contributed by atoms with E-state index in [1.165, 1.54) is 42.9 Å². The Morgan fingerprint density at radius 3 is 2.71 bits per heavy atom. The Bertz CT molecular complexity index is 1190. The van der Waals surface area contributed by atoms with Crippen molar-refractivity contribution < 1.29 is 23.7 Å². The van der Waals surface area contributed by atoms with Gasteiger partial charge >= 0.3 is 0 Å². The lowest BCUT2D eigenvalue weighted by Gasteiger charge is -2.20. The minimum Gasteiger partial charge on any atom is -0.496 e. The number of nitrogens with one attached hydrogen (secondary N) is 2. The van der Waals surface area contributed by atoms with Gasteiger partial charge in [0.15, 0.2) is 0 Å². The molecule has 34 heavy (non-hydrogen) atoms. The highest BCUT2D eigenvalue weighted by Gasteiger charge is 2.24. The third kappa shape index (κ3) is 6.29. The van der Waals surface area contributed by atoms with Crippen LogP contribution in [0.3, 0.4) is 0 Å². The second kappa shape index (κ2) is 11.2. The summed E-state index contributed by atoms with van der Waals surface area (Å²) < 4.78 is 10.9. The number of ether oxygens (including phenoxy) is 1. The first-order valence-electron chi connectivity index (χ1n) is 10.4. The number of methoxy groups -OCH3 is 1. The van der Waals surface area contributed by atoms with Crippen molar-refractivity contribution >= 4 is 35.1 Å². The van der Waals surface area contributed by atoms with E-state index in [1.54, 1.807) is 12.1 Å². The van der Waals surface area contributed by atoms with Crippen molar-refractivity contribution in [3.63, 3.8) is 0 Å². The Morgan fingerprint density at radius 1 is 1.26 bits per heavy atom. The molecule has 10 nitrogen and oxygen atoms in total. The second-order valence-corrected chi connectivity index (χ2v) is 8.66. The number of furan rings is 1. The van der Waals surface area contributed by atoms with Gasteiger partial charge in [-0.1, -0.05) is 19.9 Å². The van der Waals surface area contributed by atoms with Crippen molar-refractivity contribution in [2.75, 3.05) is 7.11 Å². The maximum Gasteiger partial charge on any atom is 0.273 e. The van der Waals surface area contributed by atoms with Gasteiger partial charge in [-0.2, -0.15) is 5.10 Å². The third-order valence-corrected chi connectivity index (χ3v) is 5.71. The first-order chi connectivity index (χ1) is 16.3. The van der Waals surface area contributed by atoms with Crippen LogP contribution in [0.2, 0.25) is 0 Å². The van der Waals surface area contributed by atoms with Gasteiger partial charge in [-0.15, -0.1) is 11.3 Å². The van der Waals surface area contributed by atoms with Crippen LogP contribution in [-0.2, 0) is 16.0 Å². The van der Waals surface area contributed by atoms with Crippen LogP contribution in [0.25, 0.3) is 11.3 Å². The lowest BCUT2D eigenvalue weighted by atomic mass is 10.0. The number of nitro groups is 1. The van der Waals surface area contributed by atoms with Gasteiger partial charge in [0, 0.05) is 10.9 Å². The molecule has 3 aromatic rings. The number of nitro benzene ring substituents is 1. The van der Waals surface area contributed by atoms with Crippen molar-refractivity contribution in [2.45, 2.75) is 26.3 Å². The van der Waals surface area contributed by atoms with Crippen molar-refractivity contribution in [3.8, 4) is 17.1 Å². The van der Waals surface area contributed by atoms with Gasteiger partial charge in [0.05, 0.1) is 36.3 Å². The average molecular weight is 485 g/mol. The number of rotatable bonds is 10. The first kappa shape index (κ1) is 24.6. The van der Waals surface area contributed by atoms with Gasteiger partial charge in [-0.05, 0) is 35.6 Å². The van der Waals surface area contributed by atoms with Crippen LogP contribution >= 0.6 is 11.3 Å². The molecule has 1 aromatic carbocycles. The van der Waals surface area contributed by atoms with Crippen molar-refractivity contribution in [3.05, 3.63) is 68.6 Å². The summed E-state index contributed by atoms with van der Waals surface area (Å²) in [6.45, 7) is 3.66. The number of non-ortho nitro benzene ring substituents is 1. The summed E-state index contributed by atoms with van der Waals surface area (Å²) >= 11 is 1.48. The predicted molar refractivity (Wildman–Crippen MR) is 128 cm³/mol. The quantitative estimate of drug-likeness (QED) is 0.255. The zero-order valence-corrected chi connectivity index (χ0v) is 19.6. The molecule has 0 saturated heterocycles. The Balaban J connectivity index is 1.63. The van der Waals surface area contributed by atoms with Gasteiger partial charge in [0.1, 0.15) is 23.3 Å². The largest absolute Gasteiger partial charge is 0.496 e. The third-order valence-electron chi connectivity index (χ3n) is 4.84. The molecule has 2 aromatic heterocycles. The number of amides is 2. The summed E-state index contributed by atoms with van der Waals surface area (Å²) in [5.74, 6) is 0.215. The Morgan fingerprint density at radius 2 is 2.06 bits per heavy atom. The fourth-order valence-electron chi connectivity index (χ4n) is 3.12. The number of thiophene rings is 1. The Labute approximate surface area is 199 Å². The zero-order valence-electron chi connectivity index (χ0n) is 18.8. The SMILES string of the molecule is COc1cc([N+](=O)[O-])ccc1-c1ccc(/C=N/NC(=O)C(NC(=O)Cc2cccs2)C(C)C)o1. The summed E-state index contributed by atoms with van der Waals surface area (Å²) in [6.07, 6.45) is 1.53. The highest BCUT2D eigenvalue weighted by molar-refractivity contribution is 7.10. The Kier molecular flexibility index (Phi) is 8.14. The summed E-state index contributed by atoms with van der Waals surface area (Å²) in [6, 6.07) is 10.5. The van der Waals surface area contributed by atoms with E-state index in [-0.39, 0.29) is 23.9 Å².